The van der Waals surface area contributed by atoms with Gasteiger partial charge in [-0.05, 0) is 162 Å². The lowest BCUT2D eigenvalue weighted by Crippen LogP contribution is -2.31. The number of nitrogens with one attached hydrogen (secondary N) is 7. The summed E-state index contributed by atoms with van der Waals surface area (Å²) in [4.78, 5) is 27.6. The highest BCUT2D eigenvalue weighted by molar-refractivity contribution is 7.91. The van der Waals surface area contributed by atoms with Gasteiger partial charge in [0, 0.05) is 116 Å². The number of benzene rings is 9. The van der Waals surface area contributed by atoms with E-state index in [4.69, 9.17) is 79.1 Å². The van der Waals surface area contributed by atoms with Crippen molar-refractivity contribution in [1.29, 1.82) is 0 Å². The molecule has 9 aromatic carbocycles. The van der Waals surface area contributed by atoms with Crippen molar-refractivity contribution in [3.63, 3.8) is 0 Å². The van der Waals surface area contributed by atoms with E-state index in [1.54, 1.807) is 129 Å². The van der Waals surface area contributed by atoms with Crippen LogP contribution < -0.4 is 19.7 Å². The average molecular weight is 1710 g/mol. The van der Waals surface area contributed by atoms with E-state index in [1.165, 1.54) is 31.4 Å². The van der Waals surface area contributed by atoms with Crippen LogP contribution in [0.3, 0.4) is 0 Å². The van der Waals surface area contributed by atoms with Crippen LogP contribution in [0.15, 0.2) is 185 Å². The van der Waals surface area contributed by atoms with E-state index in [-0.39, 0.29) is 37.4 Å². The van der Waals surface area contributed by atoms with Gasteiger partial charge < -0.3 is 24.6 Å². The number of aromatic amines is 6. The maximum Gasteiger partial charge on any atom is 0.252 e. The molecule has 15 aromatic rings. The molecule has 0 saturated carbocycles. The summed E-state index contributed by atoms with van der Waals surface area (Å²) >= 11 is 36.4. The Morgan fingerprint density at radius 1 is 0.531 bits per heavy atom. The van der Waals surface area contributed by atoms with E-state index in [2.05, 4.69) is 85.2 Å². The minimum Gasteiger partial charge on any atom is -0.496 e. The number of sulfone groups is 3. The van der Waals surface area contributed by atoms with Crippen molar-refractivity contribution in [3.05, 3.63) is 212 Å². The molecule has 1 saturated heterocycles. The van der Waals surface area contributed by atoms with E-state index in [0.29, 0.717) is 60.0 Å². The Hall–Kier alpha value is -10.3. The van der Waals surface area contributed by atoms with Gasteiger partial charge in [0.05, 0.1) is 116 Å². The highest BCUT2D eigenvalue weighted by atomic mass is 35.5. The predicted octanol–water partition coefficient (Wildman–Crippen LogP) is 17.4. The summed E-state index contributed by atoms with van der Waals surface area (Å²) in [5.41, 5.74) is 11.1. The van der Waals surface area contributed by atoms with Crippen LogP contribution in [0.5, 0.6) is 11.5 Å². The average Bonchev–Trinajstić information content (AvgIpc) is 1.79. The number of amides is 2. The van der Waals surface area contributed by atoms with Crippen LogP contribution in [0.25, 0.3) is 98.8 Å². The van der Waals surface area contributed by atoms with Gasteiger partial charge in [0.1, 0.15) is 22.2 Å². The Balaban J connectivity index is 0.000000135. The van der Waals surface area contributed by atoms with E-state index < -0.39 is 35.3 Å². The zero-order valence-electron chi connectivity index (χ0n) is 61.9. The van der Waals surface area contributed by atoms with Gasteiger partial charge in [-0.1, -0.05) is 102 Å². The first-order valence-electron chi connectivity index (χ1n) is 34.5. The highest BCUT2D eigenvalue weighted by Crippen LogP contribution is 2.40. The number of rotatable bonds is 14. The van der Waals surface area contributed by atoms with Gasteiger partial charge in [-0.2, -0.15) is 30.6 Å². The van der Waals surface area contributed by atoms with Crippen molar-refractivity contribution in [2.24, 2.45) is 11.8 Å². The number of methoxy groups -OCH3 is 1. The Morgan fingerprint density at radius 3 is 1.50 bits per heavy atom. The van der Waals surface area contributed by atoms with Crippen LogP contribution in [0.2, 0.25) is 30.1 Å². The van der Waals surface area contributed by atoms with Gasteiger partial charge in [0.25, 0.3) is 5.91 Å². The molecule has 588 valence electrons. The Bertz CT molecular complexity index is 6230. The first kappa shape index (κ1) is 83.6. The fraction of sp³-hybridized carbons (Fsp3) is 0.205. The molecule has 16 rings (SSSR count). The molecule has 7 heterocycles. The van der Waals surface area contributed by atoms with Crippen molar-refractivity contribution >= 4 is 182 Å². The molecule has 1 unspecified atom stereocenters. The molecular weight excluding hydrogens is 1630 g/mol. The van der Waals surface area contributed by atoms with Gasteiger partial charge in [-0.3, -0.25) is 40.2 Å². The summed E-state index contributed by atoms with van der Waals surface area (Å²) in [6.45, 7) is 9.07. The molecule has 113 heavy (non-hydrogen) atoms. The van der Waals surface area contributed by atoms with Crippen LogP contribution in [0.4, 0.5) is 10.1 Å². The summed E-state index contributed by atoms with van der Waals surface area (Å²) in [6.07, 6.45) is 14.4. The zero-order chi connectivity index (χ0) is 81.4. The third-order valence-corrected chi connectivity index (χ3v) is 22.6. The molecule has 2 amide bonds. The number of anilines is 1. The predicted molar refractivity (Wildman–Crippen MR) is 446 cm³/mol. The fourth-order valence-corrected chi connectivity index (χ4v) is 16.2. The number of carbonyl (C=O) groups excluding carboxylic acids is 2. The molecular formula is C78H74Cl6FN15O10S3. The lowest BCUT2D eigenvalue weighted by molar-refractivity contribution is -0.132. The number of hydrogen-bond acceptors (Lipinski definition) is 17. The monoisotopic (exact) mass is 1710 g/mol. The van der Waals surface area contributed by atoms with Crippen molar-refractivity contribution in [1.82, 2.24) is 71.4 Å². The zero-order valence-corrected chi connectivity index (χ0v) is 68.9. The quantitative estimate of drug-likeness (QED) is 0.0532. The molecule has 1 atom stereocenters. The maximum absolute atomic E-state index is 14.0. The van der Waals surface area contributed by atoms with E-state index in [9.17, 15) is 39.2 Å². The topological polar surface area (TPSA) is 346 Å². The number of ether oxygens (including phenoxy) is 2. The van der Waals surface area contributed by atoms with Gasteiger partial charge in [-0.15, -0.1) is 0 Å². The number of nitrogens with zero attached hydrogens (tertiary/aromatic N) is 8. The van der Waals surface area contributed by atoms with E-state index >= 15 is 0 Å². The summed E-state index contributed by atoms with van der Waals surface area (Å²) in [7, 11) is -5.13. The normalized spacial score (nSPS) is 12.8. The molecule has 0 radical (unpaired) electrons. The smallest absolute Gasteiger partial charge is 0.252 e. The second-order valence-corrected chi connectivity index (χ2v) is 35.3. The number of hydrogen-bond donors (Lipinski definition) is 7. The molecule has 0 bridgehead atoms. The Labute approximate surface area is 678 Å². The lowest BCUT2D eigenvalue weighted by Gasteiger charge is -2.21. The van der Waals surface area contributed by atoms with E-state index in [0.717, 1.165) is 144 Å². The van der Waals surface area contributed by atoms with Gasteiger partial charge in [0.2, 0.25) is 5.91 Å². The Morgan fingerprint density at radius 2 is 1.00 bits per heavy atom. The number of fused-ring (bicyclic) bond motifs is 6. The van der Waals surface area contributed by atoms with Gasteiger partial charge in [-0.25, -0.2) is 29.6 Å². The number of carbonyl (C=O) groups is 2. The third kappa shape index (κ3) is 20.2. The molecule has 1 fully saturated rings. The highest BCUT2D eigenvalue weighted by Gasteiger charge is 2.31. The van der Waals surface area contributed by atoms with Crippen LogP contribution in [0.1, 0.15) is 37.6 Å². The van der Waals surface area contributed by atoms with E-state index in [1.807, 2.05) is 43.5 Å². The largest absolute Gasteiger partial charge is 0.496 e. The second-order valence-electron chi connectivity index (χ2n) is 26.7. The van der Waals surface area contributed by atoms with Crippen LogP contribution >= 0.6 is 69.6 Å². The summed E-state index contributed by atoms with van der Waals surface area (Å²) < 4.78 is 94.5. The SMILES string of the molecule is CC(C)COc1cccc2[nH]ncc12.CCNC(=O)c1cc(Cl)cc2[nH]ncc12.CN(C)C(=O)C1CCN(c2cc(Cl)cc3[nH]ncc23)C1.COc1cc(S(C)(=O)=O)ccc1-c1cc(Cl)cc2[nH]ncc12.CS(=O)(=O)c1ccc(-c2cc(Cl)cc3[nH]ncc23)cc1Cl.CS(=O)(=O)c1ccc(-c2cc(Cl)cc3[nH]ncc23)cc1F. The van der Waals surface area contributed by atoms with Crippen molar-refractivity contribution in [2.75, 3.05) is 71.1 Å². The Kier molecular flexibility index (Phi) is 26.5. The first-order valence-corrected chi connectivity index (χ1v) is 42.4. The first-order chi connectivity index (χ1) is 53.7. The molecule has 6 aromatic heterocycles. The molecule has 1 aliphatic heterocycles. The van der Waals surface area contributed by atoms with Crippen LogP contribution in [-0.4, -0.2) is 169 Å². The molecule has 1 aliphatic rings. The number of halogens is 7. The molecule has 0 spiro atoms. The summed E-state index contributed by atoms with van der Waals surface area (Å²) in [6, 6.07) is 37.3. The lowest BCUT2D eigenvalue weighted by atomic mass is 10.0. The van der Waals surface area contributed by atoms with Crippen LogP contribution in [0, 0.1) is 17.7 Å². The molecule has 7 N–H and O–H groups in total. The molecule has 35 heteroatoms. The maximum atomic E-state index is 14.0. The third-order valence-electron chi connectivity index (χ3n) is 17.7. The molecule has 25 nitrogen and oxygen atoms in total. The minimum atomic E-state index is -3.59. The summed E-state index contributed by atoms with van der Waals surface area (Å²) in [5, 5.41) is 52.2. The van der Waals surface area contributed by atoms with Crippen molar-refractivity contribution in [2.45, 2.75) is 41.9 Å². The van der Waals surface area contributed by atoms with Crippen molar-refractivity contribution < 1.29 is 48.7 Å². The van der Waals surface area contributed by atoms with Crippen molar-refractivity contribution in [3.8, 4) is 44.9 Å². The summed E-state index contributed by atoms with van der Waals surface area (Å²) in [5.74, 6) is 1.25. The molecule has 0 aliphatic carbocycles. The van der Waals surface area contributed by atoms with Gasteiger partial charge in [0.15, 0.2) is 29.5 Å². The minimum absolute atomic E-state index is 0.0610. The van der Waals surface area contributed by atoms with Crippen LogP contribution in [-0.2, 0) is 34.3 Å². The number of aromatic nitrogens is 12. The second kappa shape index (κ2) is 35.8. The standard InChI is InChI=1S/C15H13ClN2O3S.C14H10Cl2N2O2S.C14H10ClFN2O2S.C14H17ClN4O.C11H14N2O.C10H10ClN3O/c1-21-15-7-10(22(2,19)20)3-4-11(15)12-5-9(16)6-14-13(12)8-17-18-14;2*1-21(19,20)14-3-2-8(4-12(14)16)10-5-9(15)6-13-11(10)7-17-18-13;1-18(2)14(20)9-3-4-19(8-9)13-6-10(15)5-12-11(13)7-16-17-12;1-8(2)7-14-11-5-3-4-10-9(11)6-12-13-10;1-2-12-10(15)7-3-6(11)4-9-8(7)5-13-14-9/h3-8H,1-2H3,(H,17,18);2*2-7H,1H3,(H,17,18);5-7,9H,3-4,8H2,1-2H3,(H,16,17);3-6,8H,7H2,1-2H3,(H,12,13);3-5H,2H2,1H3,(H,12,15)(H,13,14). The van der Waals surface area contributed by atoms with Gasteiger partial charge >= 0.3 is 0 Å². The number of H-pyrrole nitrogens is 6. The fourth-order valence-electron chi connectivity index (χ4n) is 12.4.